The Kier molecular flexibility index (Phi) is 2.86. The zero-order valence-electron chi connectivity index (χ0n) is 8.45. The third kappa shape index (κ3) is 2.42. The number of aliphatic hydroxyl groups is 1. The molecule has 0 spiro atoms. The SMILES string of the molecule is CN1CCC(CN2CCC(O)C2)C1. The van der Waals surface area contributed by atoms with Crippen LogP contribution in [-0.4, -0.2) is 60.8 Å². The minimum absolute atomic E-state index is 0.0564. The number of hydrogen-bond acceptors (Lipinski definition) is 3. The first-order valence-electron chi connectivity index (χ1n) is 5.33. The topological polar surface area (TPSA) is 26.7 Å². The van der Waals surface area contributed by atoms with Crippen LogP contribution in [0.4, 0.5) is 0 Å². The summed E-state index contributed by atoms with van der Waals surface area (Å²) in [7, 11) is 2.19. The van der Waals surface area contributed by atoms with Crippen LogP contribution in [0.5, 0.6) is 0 Å². The molecule has 0 aliphatic carbocycles. The molecule has 2 aliphatic heterocycles. The minimum atomic E-state index is -0.0564. The summed E-state index contributed by atoms with van der Waals surface area (Å²) in [6.07, 6.45) is 2.25. The molecule has 0 aromatic heterocycles. The number of aliphatic hydroxyl groups excluding tert-OH is 1. The zero-order valence-corrected chi connectivity index (χ0v) is 8.45. The fourth-order valence-corrected chi connectivity index (χ4v) is 2.52. The highest BCUT2D eigenvalue weighted by molar-refractivity contribution is 4.80. The lowest BCUT2D eigenvalue weighted by molar-refractivity contribution is 0.170. The van der Waals surface area contributed by atoms with Gasteiger partial charge in [-0.3, -0.25) is 0 Å². The van der Waals surface area contributed by atoms with Gasteiger partial charge in [0.15, 0.2) is 0 Å². The van der Waals surface area contributed by atoms with E-state index in [4.69, 9.17) is 0 Å². The number of β-amino-alcohol motifs (C(OH)–C–C–N with tert-alkyl or cyclic N) is 1. The summed E-state index contributed by atoms with van der Waals surface area (Å²) < 4.78 is 0. The predicted octanol–water partition coefficient (Wildman–Crippen LogP) is 0.00470. The molecule has 13 heavy (non-hydrogen) atoms. The molecule has 2 heterocycles. The first-order valence-corrected chi connectivity index (χ1v) is 5.33. The third-order valence-corrected chi connectivity index (χ3v) is 3.25. The smallest absolute Gasteiger partial charge is 0.0679 e. The van der Waals surface area contributed by atoms with Gasteiger partial charge in [-0.25, -0.2) is 0 Å². The van der Waals surface area contributed by atoms with Gasteiger partial charge < -0.3 is 14.9 Å². The first-order chi connectivity index (χ1) is 6.24. The number of likely N-dealkylation sites (tertiary alicyclic amines) is 2. The largest absolute Gasteiger partial charge is 0.392 e. The minimum Gasteiger partial charge on any atom is -0.392 e. The van der Waals surface area contributed by atoms with E-state index in [-0.39, 0.29) is 6.10 Å². The van der Waals surface area contributed by atoms with Crippen LogP contribution in [0.1, 0.15) is 12.8 Å². The molecule has 2 aliphatic rings. The highest BCUT2D eigenvalue weighted by Gasteiger charge is 2.26. The molecule has 3 heteroatoms. The number of nitrogens with zero attached hydrogens (tertiary/aromatic N) is 2. The van der Waals surface area contributed by atoms with Gasteiger partial charge in [0.1, 0.15) is 0 Å². The summed E-state index contributed by atoms with van der Waals surface area (Å²) >= 11 is 0. The van der Waals surface area contributed by atoms with Gasteiger partial charge in [0.2, 0.25) is 0 Å². The van der Waals surface area contributed by atoms with Crippen molar-refractivity contribution in [1.29, 1.82) is 0 Å². The normalized spacial score (nSPS) is 37.4. The second-order valence-corrected chi connectivity index (χ2v) is 4.62. The molecule has 2 fully saturated rings. The lowest BCUT2D eigenvalue weighted by Gasteiger charge is -2.19. The second kappa shape index (κ2) is 3.95. The highest BCUT2D eigenvalue weighted by atomic mass is 16.3. The van der Waals surface area contributed by atoms with E-state index in [1.165, 1.54) is 26.1 Å². The number of hydrogen-bond donors (Lipinski definition) is 1. The fraction of sp³-hybridized carbons (Fsp3) is 1.00. The predicted molar refractivity (Wildman–Crippen MR) is 52.7 cm³/mol. The van der Waals surface area contributed by atoms with Gasteiger partial charge in [-0.1, -0.05) is 0 Å². The summed E-state index contributed by atoms with van der Waals surface area (Å²) in [5.41, 5.74) is 0. The molecule has 3 nitrogen and oxygen atoms in total. The van der Waals surface area contributed by atoms with Gasteiger partial charge in [0.05, 0.1) is 6.10 Å². The Balaban J connectivity index is 1.72. The molecule has 2 atom stereocenters. The summed E-state index contributed by atoms with van der Waals surface area (Å²) in [4.78, 5) is 4.81. The van der Waals surface area contributed by atoms with Gasteiger partial charge in [0.25, 0.3) is 0 Å². The van der Waals surface area contributed by atoms with Gasteiger partial charge in [-0.2, -0.15) is 0 Å². The molecule has 2 unspecified atom stereocenters. The van der Waals surface area contributed by atoms with Gasteiger partial charge >= 0.3 is 0 Å². The van der Waals surface area contributed by atoms with Crippen molar-refractivity contribution < 1.29 is 5.11 Å². The van der Waals surface area contributed by atoms with Crippen molar-refractivity contribution in [3.63, 3.8) is 0 Å². The Morgan fingerprint density at radius 1 is 1.23 bits per heavy atom. The maximum Gasteiger partial charge on any atom is 0.0679 e. The zero-order chi connectivity index (χ0) is 9.26. The molecule has 0 aromatic rings. The first kappa shape index (κ1) is 9.44. The van der Waals surface area contributed by atoms with Crippen molar-refractivity contribution >= 4 is 0 Å². The van der Waals surface area contributed by atoms with Gasteiger partial charge in [-0.15, -0.1) is 0 Å². The summed E-state index contributed by atoms with van der Waals surface area (Å²) in [5.74, 6) is 0.843. The maximum absolute atomic E-state index is 9.37. The second-order valence-electron chi connectivity index (χ2n) is 4.62. The van der Waals surface area contributed by atoms with Crippen molar-refractivity contribution in [2.75, 3.05) is 39.8 Å². The Bertz CT molecular complexity index is 156. The van der Waals surface area contributed by atoms with E-state index >= 15 is 0 Å². The lowest BCUT2D eigenvalue weighted by atomic mass is 10.1. The van der Waals surface area contributed by atoms with Crippen molar-refractivity contribution in [1.82, 2.24) is 9.80 Å². The molecule has 0 radical (unpaired) electrons. The van der Waals surface area contributed by atoms with Crippen molar-refractivity contribution in [3.05, 3.63) is 0 Å². The van der Waals surface area contributed by atoms with Crippen molar-refractivity contribution in [2.24, 2.45) is 5.92 Å². The quantitative estimate of drug-likeness (QED) is 0.654. The van der Waals surface area contributed by atoms with Crippen LogP contribution in [-0.2, 0) is 0 Å². The molecule has 0 bridgehead atoms. The molecule has 0 saturated carbocycles. The van der Waals surface area contributed by atoms with E-state index in [9.17, 15) is 5.11 Å². The summed E-state index contributed by atoms with van der Waals surface area (Å²) in [6.45, 7) is 5.69. The Morgan fingerprint density at radius 3 is 2.62 bits per heavy atom. The van der Waals surface area contributed by atoms with Gasteiger partial charge in [0, 0.05) is 26.2 Å². The van der Waals surface area contributed by atoms with Crippen molar-refractivity contribution in [2.45, 2.75) is 18.9 Å². The molecule has 76 valence electrons. The molecule has 0 amide bonds. The standard InChI is InChI=1S/C10H20N2O/c1-11-4-2-9(6-11)7-12-5-3-10(13)8-12/h9-10,13H,2-8H2,1H3. The molecule has 2 rings (SSSR count). The van der Waals surface area contributed by atoms with Crippen LogP contribution in [0.15, 0.2) is 0 Å². The molecular formula is C10H20N2O. The third-order valence-electron chi connectivity index (χ3n) is 3.25. The van der Waals surface area contributed by atoms with Crippen LogP contribution < -0.4 is 0 Å². The van der Waals surface area contributed by atoms with E-state index in [0.717, 1.165) is 25.4 Å². The van der Waals surface area contributed by atoms with Crippen LogP contribution in [0.25, 0.3) is 0 Å². The molecule has 2 saturated heterocycles. The van der Waals surface area contributed by atoms with E-state index in [1.807, 2.05) is 0 Å². The van der Waals surface area contributed by atoms with E-state index in [0.29, 0.717) is 0 Å². The van der Waals surface area contributed by atoms with E-state index in [2.05, 4.69) is 16.8 Å². The summed E-state index contributed by atoms with van der Waals surface area (Å²) in [5, 5.41) is 9.37. The van der Waals surface area contributed by atoms with Crippen LogP contribution in [0, 0.1) is 5.92 Å². The van der Waals surface area contributed by atoms with E-state index < -0.39 is 0 Å². The van der Waals surface area contributed by atoms with Crippen LogP contribution in [0.3, 0.4) is 0 Å². The molecule has 1 N–H and O–H groups in total. The molecular weight excluding hydrogens is 164 g/mol. The van der Waals surface area contributed by atoms with Gasteiger partial charge in [-0.05, 0) is 32.4 Å². The monoisotopic (exact) mass is 184 g/mol. The fourth-order valence-electron chi connectivity index (χ4n) is 2.52. The Morgan fingerprint density at radius 2 is 2.08 bits per heavy atom. The average Bonchev–Trinajstić information content (AvgIpc) is 2.62. The summed E-state index contributed by atoms with van der Waals surface area (Å²) in [6, 6.07) is 0. The Labute approximate surface area is 80.3 Å². The van der Waals surface area contributed by atoms with Crippen LogP contribution >= 0.6 is 0 Å². The van der Waals surface area contributed by atoms with Crippen LogP contribution in [0.2, 0.25) is 0 Å². The average molecular weight is 184 g/mol. The highest BCUT2D eigenvalue weighted by Crippen LogP contribution is 2.18. The maximum atomic E-state index is 9.37. The van der Waals surface area contributed by atoms with Crippen molar-refractivity contribution in [3.8, 4) is 0 Å². The lowest BCUT2D eigenvalue weighted by Crippen LogP contribution is -2.29. The Hall–Kier alpha value is -0.120. The molecule has 0 aromatic carbocycles. The number of rotatable bonds is 2. The van der Waals surface area contributed by atoms with E-state index in [1.54, 1.807) is 0 Å².